The van der Waals surface area contributed by atoms with Gasteiger partial charge in [-0.05, 0) is 0 Å². The standard InChI is InChI=1S/C54H108N2O27.C2HF3O2/c1-56(2)54(59)55-4-6-61-8-10-63-12-14-65-16-18-67-20-22-69-24-26-71-28-30-73-32-34-75-36-38-77-40-42-79-44-46-81-48-50-83-52-51-82-49-47-80-45-43-78-41-39-76-37-35-74-33-31-72-29-27-70-25-23-68-21-19-66-17-15-64-13-11-62-9-7-60-5-3-53(57)58;3-2(4,5)1(6)7/h3-52H2,1-2H3,(H,55,59)(H,57,58);(H,6,7). The van der Waals surface area contributed by atoms with Crippen LogP contribution < -0.4 is 5.32 Å². The summed E-state index contributed by atoms with van der Waals surface area (Å²) in [7, 11) is 3.37. The van der Waals surface area contributed by atoms with Crippen molar-refractivity contribution < 1.29 is 151 Å². The van der Waals surface area contributed by atoms with E-state index in [1.165, 1.54) is 4.90 Å². The molecule has 0 bridgehead atoms. The number of nitrogens with one attached hydrogen (secondary N) is 1. The molecule has 0 heterocycles. The van der Waals surface area contributed by atoms with Crippen LogP contribution in [0.4, 0.5) is 18.0 Å². The van der Waals surface area contributed by atoms with Gasteiger partial charge in [-0.1, -0.05) is 0 Å². The van der Waals surface area contributed by atoms with Gasteiger partial charge in [0.25, 0.3) is 0 Å². The van der Waals surface area contributed by atoms with Crippen molar-refractivity contribution in [2.24, 2.45) is 0 Å². The first-order valence-electron chi connectivity index (χ1n) is 30.3. The van der Waals surface area contributed by atoms with Crippen molar-refractivity contribution in [3.8, 4) is 0 Å². The van der Waals surface area contributed by atoms with Gasteiger partial charge in [0.05, 0.1) is 324 Å². The predicted octanol–water partition coefficient (Wildman–Crippen LogP) is 0.764. The lowest BCUT2D eigenvalue weighted by molar-refractivity contribution is -0.192. The molecule has 0 aromatic carbocycles. The second-order valence-corrected chi connectivity index (χ2v) is 17.8. The van der Waals surface area contributed by atoms with Crippen LogP contribution in [0.5, 0.6) is 0 Å². The summed E-state index contributed by atoms with van der Waals surface area (Å²) in [6.45, 7) is 22.7. The van der Waals surface area contributed by atoms with E-state index in [0.717, 1.165) is 0 Å². The number of hydrogen-bond acceptors (Lipinski definition) is 27. The van der Waals surface area contributed by atoms with Crippen LogP contribution in [0.3, 0.4) is 0 Å². The van der Waals surface area contributed by atoms with Gasteiger partial charge in [0.2, 0.25) is 0 Å². The average Bonchev–Trinajstić information content (AvgIpc) is 3.66. The van der Waals surface area contributed by atoms with Crippen LogP contribution in [0.2, 0.25) is 0 Å². The molecular formula is C56H109F3N2O29. The Kier molecular flexibility index (Phi) is 76.0. The summed E-state index contributed by atoms with van der Waals surface area (Å²) < 4.78 is 163. The normalized spacial score (nSPS) is 11.6. The minimum atomic E-state index is -5.08. The third kappa shape index (κ3) is 83.1. The van der Waals surface area contributed by atoms with E-state index in [0.29, 0.717) is 317 Å². The average molecular weight is 1330 g/mol. The lowest BCUT2D eigenvalue weighted by Gasteiger charge is -2.12. The summed E-state index contributed by atoms with van der Waals surface area (Å²) >= 11 is 0. The number of ether oxygens (including phenoxy) is 24. The number of carbonyl (C=O) groups excluding carboxylic acids is 1. The number of aliphatic carboxylic acids is 2. The first-order valence-corrected chi connectivity index (χ1v) is 30.3. The Morgan fingerprint density at radius 2 is 0.389 bits per heavy atom. The molecule has 3 N–H and O–H groups in total. The molecule has 538 valence electrons. The summed E-state index contributed by atoms with van der Waals surface area (Å²) in [5.41, 5.74) is 0. The van der Waals surface area contributed by atoms with E-state index in [1.807, 2.05) is 0 Å². The quantitative estimate of drug-likeness (QED) is 0.0708. The zero-order valence-corrected chi connectivity index (χ0v) is 53.4. The zero-order chi connectivity index (χ0) is 65.8. The Morgan fingerprint density at radius 1 is 0.267 bits per heavy atom. The molecule has 2 amide bonds. The van der Waals surface area contributed by atoms with E-state index in [-0.39, 0.29) is 19.1 Å². The zero-order valence-electron chi connectivity index (χ0n) is 53.4. The molecule has 0 rings (SSSR count). The highest BCUT2D eigenvalue weighted by atomic mass is 19.4. The van der Waals surface area contributed by atoms with Crippen LogP contribution in [-0.2, 0) is 123 Å². The number of hydrogen-bond donors (Lipinski definition) is 3. The van der Waals surface area contributed by atoms with Crippen LogP contribution in [-0.4, -0.2) is 377 Å². The highest BCUT2D eigenvalue weighted by Gasteiger charge is 2.38. The topological polar surface area (TPSA) is 328 Å². The summed E-state index contributed by atoms with van der Waals surface area (Å²) in [4.78, 5) is 32.1. The molecule has 0 aliphatic heterocycles. The monoisotopic (exact) mass is 1330 g/mol. The van der Waals surface area contributed by atoms with Gasteiger partial charge in [0.1, 0.15) is 0 Å². The van der Waals surface area contributed by atoms with Crippen molar-refractivity contribution in [2.45, 2.75) is 12.6 Å². The Balaban J connectivity index is 0. The molecule has 0 spiro atoms. The first-order chi connectivity index (χ1) is 44.0. The van der Waals surface area contributed by atoms with E-state index in [4.69, 9.17) is 129 Å². The molecule has 0 aromatic rings. The number of alkyl halides is 3. The fraction of sp³-hybridized carbons (Fsp3) is 0.946. The van der Waals surface area contributed by atoms with E-state index < -0.39 is 18.1 Å². The fourth-order valence-corrected chi connectivity index (χ4v) is 5.71. The van der Waals surface area contributed by atoms with Gasteiger partial charge >= 0.3 is 24.1 Å². The van der Waals surface area contributed by atoms with Crippen LogP contribution in [0.1, 0.15) is 6.42 Å². The van der Waals surface area contributed by atoms with Crippen molar-refractivity contribution >= 4 is 18.0 Å². The molecule has 0 atom stereocenters. The molecule has 0 aromatic heterocycles. The number of rotatable bonds is 75. The maximum Gasteiger partial charge on any atom is 0.490 e. The molecule has 0 aliphatic rings. The van der Waals surface area contributed by atoms with E-state index >= 15 is 0 Å². The Labute approximate surface area is 528 Å². The summed E-state index contributed by atoms with van der Waals surface area (Å²) in [5, 5.41) is 18.4. The lowest BCUT2D eigenvalue weighted by Crippen LogP contribution is -2.36. The summed E-state index contributed by atoms with van der Waals surface area (Å²) in [5.74, 6) is -3.64. The van der Waals surface area contributed by atoms with Gasteiger partial charge in [0.15, 0.2) is 0 Å². The lowest BCUT2D eigenvalue weighted by atomic mass is 10.5. The van der Waals surface area contributed by atoms with Crippen LogP contribution in [0.25, 0.3) is 0 Å². The molecule has 90 heavy (non-hydrogen) atoms. The molecule has 34 heteroatoms. The largest absolute Gasteiger partial charge is 0.490 e. The van der Waals surface area contributed by atoms with Crippen molar-refractivity contribution in [1.29, 1.82) is 0 Å². The summed E-state index contributed by atoms with van der Waals surface area (Å²) in [6, 6.07) is -0.142. The number of carboxylic acid groups (broad SMARTS) is 2. The highest BCUT2D eigenvalue weighted by molar-refractivity contribution is 5.73. The minimum absolute atomic E-state index is 0.0106. The molecule has 0 aliphatic carbocycles. The number of halogens is 3. The second-order valence-electron chi connectivity index (χ2n) is 17.8. The molecule has 0 unspecified atom stereocenters. The van der Waals surface area contributed by atoms with Gasteiger partial charge in [0, 0.05) is 20.6 Å². The van der Waals surface area contributed by atoms with Gasteiger partial charge < -0.3 is 134 Å². The second kappa shape index (κ2) is 76.7. The number of amides is 2. The summed E-state index contributed by atoms with van der Waals surface area (Å²) in [6.07, 6.45) is -5.09. The number of urea groups is 1. The first kappa shape index (κ1) is 89.1. The maximum atomic E-state index is 11.4. The van der Waals surface area contributed by atoms with Gasteiger partial charge in [-0.2, -0.15) is 13.2 Å². The third-order valence-electron chi connectivity index (χ3n) is 10.2. The molecule has 0 fully saturated rings. The third-order valence-corrected chi connectivity index (χ3v) is 10.2. The van der Waals surface area contributed by atoms with Crippen LogP contribution >= 0.6 is 0 Å². The number of nitrogens with zero attached hydrogens (tertiary/aromatic N) is 1. The Hall–Kier alpha value is -2.96. The maximum absolute atomic E-state index is 11.4. The van der Waals surface area contributed by atoms with Crippen molar-refractivity contribution in [2.75, 3.05) is 338 Å². The minimum Gasteiger partial charge on any atom is -0.481 e. The molecule has 0 saturated heterocycles. The Morgan fingerprint density at radius 3 is 0.500 bits per heavy atom. The van der Waals surface area contributed by atoms with E-state index in [2.05, 4.69) is 5.32 Å². The van der Waals surface area contributed by atoms with Crippen molar-refractivity contribution in [1.82, 2.24) is 10.2 Å². The smallest absolute Gasteiger partial charge is 0.481 e. The Bertz CT molecular complexity index is 1450. The van der Waals surface area contributed by atoms with Gasteiger partial charge in [-0.3, -0.25) is 4.79 Å². The molecular weight excluding hydrogens is 1220 g/mol. The fourth-order valence-electron chi connectivity index (χ4n) is 5.71. The van der Waals surface area contributed by atoms with Gasteiger partial charge in [-0.25, -0.2) is 9.59 Å². The molecule has 31 nitrogen and oxygen atoms in total. The molecule has 0 radical (unpaired) electrons. The number of carboxylic acids is 2. The molecule has 0 saturated carbocycles. The van der Waals surface area contributed by atoms with E-state index in [1.54, 1.807) is 14.1 Å². The van der Waals surface area contributed by atoms with Crippen molar-refractivity contribution in [3.05, 3.63) is 0 Å². The van der Waals surface area contributed by atoms with E-state index in [9.17, 15) is 22.8 Å². The van der Waals surface area contributed by atoms with Crippen LogP contribution in [0, 0.1) is 0 Å². The van der Waals surface area contributed by atoms with Gasteiger partial charge in [-0.15, -0.1) is 0 Å². The highest BCUT2D eigenvalue weighted by Crippen LogP contribution is 2.13. The predicted molar refractivity (Wildman–Crippen MR) is 313 cm³/mol. The van der Waals surface area contributed by atoms with Crippen LogP contribution in [0.15, 0.2) is 0 Å². The SMILES string of the molecule is CN(C)C(=O)NCCOCCOCCOCCOCCOCCOCCOCCOCCOCCOCCOCCOCCOCCOCCOCCOCCOCCOCCOCCOCCOCCOCCOCCOCCC(=O)O.O=C(O)C(F)(F)F. The number of carbonyl (C=O) groups is 3. The van der Waals surface area contributed by atoms with Crippen molar-refractivity contribution in [3.63, 3.8) is 0 Å².